The maximum absolute atomic E-state index is 12.4. The van der Waals surface area contributed by atoms with Crippen molar-refractivity contribution in [3.63, 3.8) is 0 Å². The highest BCUT2D eigenvalue weighted by atomic mass is 79.9. The predicted octanol–water partition coefficient (Wildman–Crippen LogP) is 4.02. The van der Waals surface area contributed by atoms with Crippen LogP contribution in [0.25, 0.3) is 0 Å². The summed E-state index contributed by atoms with van der Waals surface area (Å²) >= 11 is 6.54. The Balaban J connectivity index is 2.41. The molecule has 0 bridgehead atoms. The molecule has 0 amide bonds. The topological polar surface area (TPSA) is 55.4 Å². The highest BCUT2D eigenvalue weighted by Crippen LogP contribution is 2.30. The van der Waals surface area contributed by atoms with E-state index in [1.807, 2.05) is 0 Å². The van der Waals surface area contributed by atoms with Crippen molar-refractivity contribution in [3.8, 4) is 5.75 Å². The lowest BCUT2D eigenvalue weighted by atomic mass is 10.3. The summed E-state index contributed by atoms with van der Waals surface area (Å²) in [4.78, 5) is 0.159. The molecule has 7 heteroatoms. The Bertz CT molecular complexity index is 732. The van der Waals surface area contributed by atoms with Gasteiger partial charge in [0.15, 0.2) is 0 Å². The van der Waals surface area contributed by atoms with E-state index < -0.39 is 10.0 Å². The quantitative estimate of drug-likeness (QED) is 0.812. The highest BCUT2D eigenvalue weighted by Gasteiger charge is 2.19. The van der Waals surface area contributed by atoms with Crippen LogP contribution in [0.1, 0.15) is 0 Å². The van der Waals surface area contributed by atoms with Gasteiger partial charge in [0.1, 0.15) is 10.6 Å². The molecule has 0 atom stereocenters. The highest BCUT2D eigenvalue weighted by molar-refractivity contribution is 9.11. The third kappa shape index (κ3) is 3.34. The zero-order valence-electron chi connectivity index (χ0n) is 10.4. The van der Waals surface area contributed by atoms with E-state index in [0.717, 1.165) is 4.47 Å². The fourth-order valence-corrected chi connectivity index (χ4v) is 4.44. The Morgan fingerprint density at radius 1 is 1.10 bits per heavy atom. The van der Waals surface area contributed by atoms with Gasteiger partial charge in [0, 0.05) is 8.95 Å². The SMILES string of the molecule is COc1ccccc1NS(=O)(=O)c1ccc(Br)cc1Br. The van der Waals surface area contributed by atoms with E-state index in [1.54, 1.807) is 36.4 Å². The van der Waals surface area contributed by atoms with Crippen molar-refractivity contribution in [2.45, 2.75) is 4.90 Å². The van der Waals surface area contributed by atoms with Gasteiger partial charge in [0.05, 0.1) is 12.8 Å². The van der Waals surface area contributed by atoms with Gasteiger partial charge in [0.25, 0.3) is 10.0 Å². The van der Waals surface area contributed by atoms with Crippen molar-refractivity contribution in [2.24, 2.45) is 0 Å². The average molecular weight is 421 g/mol. The molecule has 0 radical (unpaired) electrons. The molecule has 0 saturated heterocycles. The van der Waals surface area contributed by atoms with Crippen molar-refractivity contribution >= 4 is 47.6 Å². The number of hydrogen-bond donors (Lipinski definition) is 1. The molecular formula is C13H11Br2NO3S. The lowest BCUT2D eigenvalue weighted by molar-refractivity contribution is 0.417. The average Bonchev–Trinajstić information content (AvgIpc) is 2.38. The van der Waals surface area contributed by atoms with E-state index in [0.29, 0.717) is 15.9 Å². The number of methoxy groups -OCH3 is 1. The van der Waals surface area contributed by atoms with Crippen LogP contribution in [-0.4, -0.2) is 15.5 Å². The molecule has 0 aliphatic carbocycles. The minimum atomic E-state index is -3.69. The summed E-state index contributed by atoms with van der Waals surface area (Å²) in [6.45, 7) is 0. The summed E-state index contributed by atoms with van der Waals surface area (Å²) in [6.07, 6.45) is 0. The largest absolute Gasteiger partial charge is 0.495 e. The summed E-state index contributed by atoms with van der Waals surface area (Å²) in [5.74, 6) is 0.462. The molecule has 2 rings (SSSR count). The van der Waals surface area contributed by atoms with Gasteiger partial charge < -0.3 is 4.74 Å². The number of benzene rings is 2. The van der Waals surface area contributed by atoms with Crippen molar-refractivity contribution < 1.29 is 13.2 Å². The molecule has 0 unspecified atom stereocenters. The number of nitrogens with one attached hydrogen (secondary N) is 1. The van der Waals surface area contributed by atoms with Crippen LogP contribution in [0, 0.1) is 0 Å². The Morgan fingerprint density at radius 2 is 1.80 bits per heavy atom. The Kier molecular flexibility index (Phi) is 4.72. The standard InChI is InChI=1S/C13H11Br2NO3S/c1-19-12-5-3-2-4-11(12)16-20(17,18)13-7-6-9(14)8-10(13)15/h2-8,16H,1H3. The molecule has 0 spiro atoms. The monoisotopic (exact) mass is 419 g/mol. The van der Waals surface area contributed by atoms with Gasteiger partial charge in [-0.15, -0.1) is 0 Å². The molecule has 0 aromatic heterocycles. The molecule has 0 aliphatic rings. The first-order valence-electron chi connectivity index (χ1n) is 5.55. The van der Waals surface area contributed by atoms with E-state index >= 15 is 0 Å². The summed E-state index contributed by atoms with van der Waals surface area (Å²) in [5, 5.41) is 0. The fraction of sp³-hybridized carbons (Fsp3) is 0.0769. The zero-order chi connectivity index (χ0) is 14.8. The van der Waals surface area contributed by atoms with Crippen LogP contribution >= 0.6 is 31.9 Å². The second kappa shape index (κ2) is 6.15. The van der Waals surface area contributed by atoms with Crippen LogP contribution in [0.15, 0.2) is 56.3 Å². The fourth-order valence-electron chi connectivity index (χ4n) is 1.62. The summed E-state index contributed by atoms with van der Waals surface area (Å²) < 4.78 is 33.7. The molecule has 0 fully saturated rings. The normalized spacial score (nSPS) is 11.2. The van der Waals surface area contributed by atoms with Gasteiger partial charge in [-0.2, -0.15) is 0 Å². The maximum atomic E-state index is 12.4. The molecule has 2 aromatic rings. The predicted molar refractivity (Wildman–Crippen MR) is 85.6 cm³/mol. The smallest absolute Gasteiger partial charge is 0.263 e. The van der Waals surface area contributed by atoms with E-state index in [1.165, 1.54) is 13.2 Å². The first-order chi connectivity index (χ1) is 9.44. The second-order valence-electron chi connectivity index (χ2n) is 3.88. The first kappa shape index (κ1) is 15.3. The zero-order valence-corrected chi connectivity index (χ0v) is 14.4. The molecule has 1 N–H and O–H groups in total. The van der Waals surface area contributed by atoms with E-state index in [2.05, 4.69) is 36.6 Å². The molecule has 20 heavy (non-hydrogen) atoms. The van der Waals surface area contributed by atoms with Gasteiger partial charge in [-0.3, -0.25) is 4.72 Å². The van der Waals surface area contributed by atoms with Gasteiger partial charge in [-0.05, 0) is 46.3 Å². The lowest BCUT2D eigenvalue weighted by Crippen LogP contribution is -2.14. The van der Waals surface area contributed by atoms with Crippen LogP contribution in [-0.2, 0) is 10.0 Å². The summed E-state index contributed by atoms with van der Waals surface area (Å²) in [5.41, 5.74) is 0.393. The lowest BCUT2D eigenvalue weighted by Gasteiger charge is -2.12. The van der Waals surface area contributed by atoms with Crippen LogP contribution in [0.3, 0.4) is 0 Å². The number of hydrogen-bond acceptors (Lipinski definition) is 3. The molecule has 0 heterocycles. The molecule has 2 aromatic carbocycles. The Hall–Kier alpha value is -1.05. The van der Waals surface area contributed by atoms with Crippen LogP contribution < -0.4 is 9.46 Å². The minimum Gasteiger partial charge on any atom is -0.495 e. The number of halogens is 2. The van der Waals surface area contributed by atoms with Crippen LogP contribution in [0.2, 0.25) is 0 Å². The van der Waals surface area contributed by atoms with Gasteiger partial charge in [-0.1, -0.05) is 28.1 Å². The van der Waals surface area contributed by atoms with E-state index in [-0.39, 0.29) is 4.90 Å². The summed E-state index contributed by atoms with van der Waals surface area (Å²) in [7, 11) is -2.20. The Morgan fingerprint density at radius 3 is 2.45 bits per heavy atom. The third-order valence-corrected chi connectivity index (χ3v) is 5.37. The number of sulfonamides is 1. The maximum Gasteiger partial charge on any atom is 0.263 e. The van der Waals surface area contributed by atoms with Crippen LogP contribution in [0.5, 0.6) is 5.75 Å². The van der Waals surface area contributed by atoms with Gasteiger partial charge in [-0.25, -0.2) is 8.42 Å². The molecule has 0 saturated carbocycles. The van der Waals surface area contributed by atoms with Crippen molar-refractivity contribution in [2.75, 3.05) is 11.8 Å². The van der Waals surface area contributed by atoms with E-state index in [9.17, 15) is 8.42 Å². The molecule has 0 aliphatic heterocycles. The first-order valence-corrected chi connectivity index (χ1v) is 8.62. The van der Waals surface area contributed by atoms with Crippen LogP contribution in [0.4, 0.5) is 5.69 Å². The molecule has 106 valence electrons. The number of para-hydroxylation sites is 2. The molecular weight excluding hydrogens is 410 g/mol. The number of rotatable bonds is 4. The minimum absolute atomic E-state index is 0.159. The van der Waals surface area contributed by atoms with Crippen molar-refractivity contribution in [3.05, 3.63) is 51.4 Å². The third-order valence-electron chi connectivity index (χ3n) is 2.53. The Labute approximate surface area is 134 Å². The van der Waals surface area contributed by atoms with Crippen molar-refractivity contribution in [1.29, 1.82) is 0 Å². The van der Waals surface area contributed by atoms with E-state index in [4.69, 9.17) is 4.74 Å². The second-order valence-corrected chi connectivity index (χ2v) is 7.30. The number of anilines is 1. The number of ether oxygens (including phenoxy) is 1. The van der Waals surface area contributed by atoms with Crippen molar-refractivity contribution in [1.82, 2.24) is 0 Å². The van der Waals surface area contributed by atoms with Gasteiger partial charge in [0.2, 0.25) is 0 Å². The summed E-state index contributed by atoms with van der Waals surface area (Å²) in [6, 6.07) is 11.7. The van der Waals surface area contributed by atoms with Gasteiger partial charge >= 0.3 is 0 Å². The molecule has 4 nitrogen and oxygen atoms in total.